The number of piperidine rings is 1. The highest BCUT2D eigenvalue weighted by Crippen LogP contribution is 2.36. The summed E-state index contributed by atoms with van der Waals surface area (Å²) in [4.78, 5) is 13.3. The van der Waals surface area contributed by atoms with Gasteiger partial charge in [-0.25, -0.2) is 0 Å². The molecule has 1 amide bonds. The summed E-state index contributed by atoms with van der Waals surface area (Å²) >= 11 is 0. The number of primary amides is 1. The fourth-order valence-electron chi connectivity index (χ4n) is 2.78. The van der Waals surface area contributed by atoms with Crippen LogP contribution in [0.4, 0.5) is 5.82 Å². The predicted octanol–water partition coefficient (Wildman–Crippen LogP) is 2.15. The maximum absolute atomic E-state index is 11.1. The zero-order chi connectivity index (χ0) is 14.8. The molecule has 3 heterocycles. The van der Waals surface area contributed by atoms with Gasteiger partial charge in [0.25, 0.3) is 5.91 Å². The van der Waals surface area contributed by atoms with Gasteiger partial charge in [0, 0.05) is 6.54 Å². The molecular formula is C15H18N4O2. The minimum absolute atomic E-state index is 0.150. The molecule has 0 bridgehead atoms. The van der Waals surface area contributed by atoms with Gasteiger partial charge in [-0.3, -0.25) is 4.79 Å². The molecule has 2 atom stereocenters. The molecule has 1 aliphatic rings. The Morgan fingerprint density at radius 3 is 2.86 bits per heavy atom. The molecule has 0 aromatic carbocycles. The van der Waals surface area contributed by atoms with Crippen LogP contribution in [0.3, 0.4) is 0 Å². The zero-order valence-electron chi connectivity index (χ0n) is 11.9. The molecule has 0 aliphatic carbocycles. The van der Waals surface area contributed by atoms with Gasteiger partial charge in [-0.05, 0) is 43.0 Å². The summed E-state index contributed by atoms with van der Waals surface area (Å²) in [5, 5.41) is 8.03. The third kappa shape index (κ3) is 2.74. The van der Waals surface area contributed by atoms with Crippen LogP contribution < -0.4 is 10.6 Å². The van der Waals surface area contributed by atoms with E-state index in [0.29, 0.717) is 5.92 Å². The average molecular weight is 286 g/mol. The summed E-state index contributed by atoms with van der Waals surface area (Å²) in [6.07, 6.45) is 3.79. The Morgan fingerprint density at radius 1 is 1.38 bits per heavy atom. The van der Waals surface area contributed by atoms with Gasteiger partial charge in [-0.1, -0.05) is 6.92 Å². The Kier molecular flexibility index (Phi) is 3.60. The third-order valence-corrected chi connectivity index (χ3v) is 3.93. The first-order chi connectivity index (χ1) is 10.1. The van der Waals surface area contributed by atoms with Crippen LogP contribution in [-0.2, 0) is 0 Å². The van der Waals surface area contributed by atoms with Gasteiger partial charge in [0.05, 0.1) is 12.3 Å². The van der Waals surface area contributed by atoms with Gasteiger partial charge in [-0.15, -0.1) is 10.2 Å². The highest BCUT2D eigenvalue weighted by atomic mass is 16.3. The van der Waals surface area contributed by atoms with Gasteiger partial charge in [0.15, 0.2) is 11.5 Å². The van der Waals surface area contributed by atoms with Crippen molar-refractivity contribution in [1.29, 1.82) is 0 Å². The lowest BCUT2D eigenvalue weighted by Gasteiger charge is -2.37. The molecular weight excluding hydrogens is 268 g/mol. The molecule has 2 aromatic heterocycles. The monoisotopic (exact) mass is 286 g/mol. The normalized spacial score (nSPS) is 22.2. The molecule has 1 fully saturated rings. The van der Waals surface area contributed by atoms with E-state index in [1.807, 2.05) is 12.1 Å². The third-order valence-electron chi connectivity index (χ3n) is 3.93. The number of amides is 1. The molecule has 6 heteroatoms. The molecule has 110 valence electrons. The molecule has 0 spiro atoms. The number of nitrogens with two attached hydrogens (primary N) is 1. The first kappa shape index (κ1) is 13.6. The van der Waals surface area contributed by atoms with E-state index < -0.39 is 5.91 Å². The average Bonchev–Trinajstić information content (AvgIpc) is 3.01. The van der Waals surface area contributed by atoms with Crippen LogP contribution in [0.15, 0.2) is 34.9 Å². The van der Waals surface area contributed by atoms with E-state index in [1.54, 1.807) is 18.4 Å². The first-order valence-corrected chi connectivity index (χ1v) is 7.08. The second-order valence-electron chi connectivity index (χ2n) is 5.50. The van der Waals surface area contributed by atoms with Crippen LogP contribution in [0.5, 0.6) is 0 Å². The molecule has 21 heavy (non-hydrogen) atoms. The number of anilines is 1. The fourth-order valence-corrected chi connectivity index (χ4v) is 2.78. The summed E-state index contributed by atoms with van der Waals surface area (Å²) in [5.41, 5.74) is 5.37. The second-order valence-corrected chi connectivity index (χ2v) is 5.50. The van der Waals surface area contributed by atoms with Crippen molar-refractivity contribution in [3.63, 3.8) is 0 Å². The van der Waals surface area contributed by atoms with E-state index in [4.69, 9.17) is 10.2 Å². The van der Waals surface area contributed by atoms with Gasteiger partial charge >= 0.3 is 0 Å². The quantitative estimate of drug-likeness (QED) is 0.934. The topological polar surface area (TPSA) is 85.2 Å². The van der Waals surface area contributed by atoms with Crippen LogP contribution in [0.25, 0.3) is 0 Å². The molecule has 0 saturated carbocycles. The highest BCUT2D eigenvalue weighted by Gasteiger charge is 2.30. The SMILES string of the molecule is C[C@@H]1CCN(c2ccc(C(N)=O)nn2)[C@@H](c2ccco2)C1. The van der Waals surface area contributed by atoms with Crippen LogP contribution >= 0.6 is 0 Å². The lowest BCUT2D eigenvalue weighted by Crippen LogP contribution is -2.36. The lowest BCUT2D eigenvalue weighted by molar-refractivity contribution is 0.0994. The van der Waals surface area contributed by atoms with Crippen LogP contribution in [-0.4, -0.2) is 22.6 Å². The standard InChI is InChI=1S/C15H18N4O2/c1-10-6-7-19(12(9-10)13-3-2-8-21-13)14-5-4-11(15(16)20)17-18-14/h2-5,8,10,12H,6-7,9H2,1H3,(H2,16,20)/t10-,12-/m1/s1. The van der Waals surface area contributed by atoms with Crippen molar-refractivity contribution in [2.75, 3.05) is 11.4 Å². The molecule has 2 aromatic rings. The molecule has 1 saturated heterocycles. The van der Waals surface area contributed by atoms with Gasteiger partial charge in [0.1, 0.15) is 5.76 Å². The lowest BCUT2D eigenvalue weighted by atomic mass is 9.91. The number of carbonyl (C=O) groups excluding carboxylic acids is 1. The number of hydrogen-bond donors (Lipinski definition) is 1. The van der Waals surface area contributed by atoms with E-state index in [-0.39, 0.29) is 11.7 Å². The van der Waals surface area contributed by atoms with Crippen molar-refractivity contribution >= 4 is 11.7 Å². The van der Waals surface area contributed by atoms with E-state index in [9.17, 15) is 4.79 Å². The Labute approximate surface area is 123 Å². The maximum atomic E-state index is 11.1. The number of carbonyl (C=O) groups is 1. The summed E-state index contributed by atoms with van der Waals surface area (Å²) in [6, 6.07) is 7.44. The Morgan fingerprint density at radius 2 is 2.24 bits per heavy atom. The van der Waals surface area contributed by atoms with Crippen LogP contribution in [0.1, 0.15) is 42.1 Å². The first-order valence-electron chi connectivity index (χ1n) is 7.08. The number of furan rings is 1. The van der Waals surface area contributed by atoms with Gasteiger partial charge in [0.2, 0.25) is 0 Å². The van der Waals surface area contributed by atoms with Crippen molar-refractivity contribution in [2.24, 2.45) is 11.7 Å². The number of aromatic nitrogens is 2. The molecule has 2 N–H and O–H groups in total. The molecule has 3 rings (SSSR count). The number of hydrogen-bond acceptors (Lipinski definition) is 5. The summed E-state index contributed by atoms with van der Waals surface area (Å²) < 4.78 is 5.57. The molecule has 0 unspecified atom stereocenters. The van der Waals surface area contributed by atoms with Crippen molar-refractivity contribution in [2.45, 2.75) is 25.8 Å². The van der Waals surface area contributed by atoms with Crippen molar-refractivity contribution in [3.8, 4) is 0 Å². The van der Waals surface area contributed by atoms with Crippen molar-refractivity contribution in [3.05, 3.63) is 42.0 Å². The molecule has 1 aliphatic heterocycles. The smallest absolute Gasteiger partial charge is 0.269 e. The van der Waals surface area contributed by atoms with E-state index >= 15 is 0 Å². The number of nitrogens with zero attached hydrogens (tertiary/aromatic N) is 3. The maximum Gasteiger partial charge on any atom is 0.269 e. The summed E-state index contributed by atoms with van der Waals surface area (Å²) in [5.74, 6) is 1.74. The minimum atomic E-state index is -0.566. The van der Waals surface area contributed by atoms with E-state index in [1.165, 1.54) is 0 Å². The highest BCUT2D eigenvalue weighted by molar-refractivity contribution is 5.90. The van der Waals surface area contributed by atoms with Crippen molar-refractivity contribution in [1.82, 2.24) is 10.2 Å². The van der Waals surface area contributed by atoms with E-state index in [0.717, 1.165) is 31.0 Å². The molecule has 0 radical (unpaired) electrons. The largest absolute Gasteiger partial charge is 0.467 e. The van der Waals surface area contributed by atoms with E-state index in [2.05, 4.69) is 22.0 Å². The Bertz CT molecular complexity index is 609. The predicted molar refractivity (Wildman–Crippen MR) is 77.7 cm³/mol. The Hall–Kier alpha value is -2.37. The summed E-state index contributed by atoms with van der Waals surface area (Å²) in [6.45, 7) is 3.13. The summed E-state index contributed by atoms with van der Waals surface area (Å²) in [7, 11) is 0. The second kappa shape index (κ2) is 5.55. The van der Waals surface area contributed by atoms with Crippen LogP contribution in [0, 0.1) is 5.92 Å². The van der Waals surface area contributed by atoms with Gasteiger partial charge < -0.3 is 15.1 Å². The minimum Gasteiger partial charge on any atom is -0.467 e. The Balaban J connectivity index is 1.89. The fraction of sp³-hybridized carbons (Fsp3) is 0.400. The van der Waals surface area contributed by atoms with Gasteiger partial charge in [-0.2, -0.15) is 0 Å². The molecule has 6 nitrogen and oxygen atoms in total. The zero-order valence-corrected chi connectivity index (χ0v) is 11.9. The number of rotatable bonds is 3. The van der Waals surface area contributed by atoms with Crippen LogP contribution in [0.2, 0.25) is 0 Å². The van der Waals surface area contributed by atoms with Crippen molar-refractivity contribution < 1.29 is 9.21 Å².